The third kappa shape index (κ3) is 4.42. The monoisotopic (exact) mass is 214 g/mol. The second kappa shape index (κ2) is 6.56. The van der Waals surface area contributed by atoms with E-state index in [0.717, 1.165) is 12.8 Å². The van der Waals surface area contributed by atoms with Crippen LogP contribution in [0.25, 0.3) is 0 Å². The molecule has 0 aliphatic carbocycles. The van der Waals surface area contributed by atoms with E-state index in [9.17, 15) is 9.59 Å². The molecular weight excluding hydrogens is 196 g/mol. The van der Waals surface area contributed by atoms with Crippen molar-refractivity contribution in [2.45, 2.75) is 32.6 Å². The van der Waals surface area contributed by atoms with Gasteiger partial charge in [-0.3, -0.25) is 9.59 Å². The maximum Gasteiger partial charge on any atom is 0.306 e. The van der Waals surface area contributed by atoms with Crippen molar-refractivity contribution in [1.82, 2.24) is 0 Å². The van der Waals surface area contributed by atoms with Crippen LogP contribution in [0.15, 0.2) is 0 Å². The van der Waals surface area contributed by atoms with Crippen molar-refractivity contribution in [1.29, 1.82) is 0 Å². The molecule has 1 saturated heterocycles. The van der Waals surface area contributed by atoms with Crippen molar-refractivity contribution < 1.29 is 19.1 Å². The van der Waals surface area contributed by atoms with Crippen LogP contribution in [0.4, 0.5) is 0 Å². The predicted molar refractivity (Wildman–Crippen MR) is 54.4 cm³/mol. The van der Waals surface area contributed by atoms with Crippen molar-refractivity contribution in [3.8, 4) is 0 Å². The molecule has 1 fully saturated rings. The molecule has 0 radical (unpaired) electrons. The van der Waals surface area contributed by atoms with Gasteiger partial charge in [-0.25, -0.2) is 0 Å². The molecule has 1 unspecified atom stereocenters. The number of esters is 1. The SMILES string of the molecule is CCCCOC(=O)CC1COCCC1=O. The Morgan fingerprint density at radius 3 is 3.07 bits per heavy atom. The molecule has 0 spiro atoms. The van der Waals surface area contributed by atoms with Crippen LogP contribution >= 0.6 is 0 Å². The fourth-order valence-corrected chi connectivity index (χ4v) is 1.46. The van der Waals surface area contributed by atoms with Crippen LogP contribution in [0.5, 0.6) is 0 Å². The fraction of sp³-hybridized carbons (Fsp3) is 0.818. The zero-order valence-electron chi connectivity index (χ0n) is 9.16. The molecule has 1 aliphatic heterocycles. The van der Waals surface area contributed by atoms with Crippen LogP contribution in [-0.2, 0) is 19.1 Å². The van der Waals surface area contributed by atoms with Crippen LogP contribution in [0, 0.1) is 5.92 Å². The Morgan fingerprint density at radius 2 is 2.40 bits per heavy atom. The van der Waals surface area contributed by atoms with Gasteiger partial charge in [0.2, 0.25) is 0 Å². The fourth-order valence-electron chi connectivity index (χ4n) is 1.46. The van der Waals surface area contributed by atoms with Gasteiger partial charge >= 0.3 is 5.97 Å². The number of rotatable bonds is 5. The van der Waals surface area contributed by atoms with E-state index < -0.39 is 0 Å². The summed E-state index contributed by atoms with van der Waals surface area (Å²) in [6, 6.07) is 0. The molecule has 1 rings (SSSR count). The first-order chi connectivity index (χ1) is 7.24. The van der Waals surface area contributed by atoms with Gasteiger partial charge in [0.05, 0.1) is 32.2 Å². The lowest BCUT2D eigenvalue weighted by atomic mass is 9.97. The molecule has 4 nitrogen and oxygen atoms in total. The van der Waals surface area contributed by atoms with Crippen LogP contribution in [0.3, 0.4) is 0 Å². The zero-order chi connectivity index (χ0) is 11.1. The molecule has 1 atom stereocenters. The van der Waals surface area contributed by atoms with Gasteiger partial charge in [-0.15, -0.1) is 0 Å². The molecule has 0 saturated carbocycles. The molecule has 0 aromatic heterocycles. The first kappa shape index (κ1) is 12.2. The minimum atomic E-state index is -0.285. The highest BCUT2D eigenvalue weighted by molar-refractivity contribution is 5.86. The van der Waals surface area contributed by atoms with E-state index in [1.807, 2.05) is 6.92 Å². The lowest BCUT2D eigenvalue weighted by Crippen LogP contribution is -2.30. The third-order valence-electron chi connectivity index (χ3n) is 2.44. The first-order valence-electron chi connectivity index (χ1n) is 5.50. The number of carbonyl (C=O) groups is 2. The van der Waals surface area contributed by atoms with E-state index in [-0.39, 0.29) is 24.1 Å². The summed E-state index contributed by atoms with van der Waals surface area (Å²) in [6.45, 7) is 3.34. The summed E-state index contributed by atoms with van der Waals surface area (Å²) in [4.78, 5) is 22.7. The number of Topliss-reactive ketones (excluding diaryl/α,β-unsaturated/α-hetero) is 1. The van der Waals surface area contributed by atoms with Crippen molar-refractivity contribution >= 4 is 11.8 Å². The van der Waals surface area contributed by atoms with Gasteiger partial charge in [-0.1, -0.05) is 13.3 Å². The summed E-state index contributed by atoms with van der Waals surface area (Å²) in [5.74, 6) is -0.450. The Balaban J connectivity index is 2.21. The topological polar surface area (TPSA) is 52.6 Å². The lowest BCUT2D eigenvalue weighted by molar-refractivity contribution is -0.149. The zero-order valence-corrected chi connectivity index (χ0v) is 9.16. The average molecular weight is 214 g/mol. The summed E-state index contributed by atoms with van der Waals surface area (Å²) >= 11 is 0. The van der Waals surface area contributed by atoms with Crippen molar-refractivity contribution in [3.05, 3.63) is 0 Å². The van der Waals surface area contributed by atoms with Gasteiger partial charge in [-0.05, 0) is 6.42 Å². The van der Waals surface area contributed by atoms with E-state index in [1.165, 1.54) is 0 Å². The second-order valence-corrected chi connectivity index (χ2v) is 3.77. The van der Waals surface area contributed by atoms with Gasteiger partial charge in [0, 0.05) is 6.42 Å². The quantitative estimate of drug-likeness (QED) is 0.511. The number of carbonyl (C=O) groups excluding carboxylic acids is 2. The third-order valence-corrected chi connectivity index (χ3v) is 2.44. The van der Waals surface area contributed by atoms with Gasteiger partial charge in [0.25, 0.3) is 0 Å². The minimum Gasteiger partial charge on any atom is -0.466 e. The maximum absolute atomic E-state index is 11.4. The Hall–Kier alpha value is -0.900. The maximum atomic E-state index is 11.4. The number of ketones is 1. The molecule has 1 aliphatic rings. The summed E-state index contributed by atoms with van der Waals surface area (Å²) < 4.78 is 10.1. The molecule has 86 valence electrons. The number of hydrogen-bond acceptors (Lipinski definition) is 4. The van der Waals surface area contributed by atoms with Crippen molar-refractivity contribution in [2.75, 3.05) is 19.8 Å². The highest BCUT2D eigenvalue weighted by Gasteiger charge is 2.25. The lowest BCUT2D eigenvalue weighted by Gasteiger charge is -2.19. The number of ether oxygens (including phenoxy) is 2. The van der Waals surface area contributed by atoms with Crippen molar-refractivity contribution in [2.24, 2.45) is 5.92 Å². The smallest absolute Gasteiger partial charge is 0.306 e. The Morgan fingerprint density at radius 1 is 1.60 bits per heavy atom. The molecule has 0 aromatic rings. The first-order valence-corrected chi connectivity index (χ1v) is 5.50. The Labute approximate surface area is 89.9 Å². The van der Waals surface area contributed by atoms with E-state index in [2.05, 4.69) is 0 Å². The normalized spacial score (nSPS) is 21.4. The number of hydrogen-bond donors (Lipinski definition) is 0. The molecule has 4 heteroatoms. The van der Waals surface area contributed by atoms with E-state index in [0.29, 0.717) is 26.2 Å². The average Bonchev–Trinajstić information content (AvgIpc) is 2.22. The van der Waals surface area contributed by atoms with Crippen LogP contribution in [0.1, 0.15) is 32.6 Å². The molecule has 1 heterocycles. The molecule has 0 bridgehead atoms. The summed E-state index contributed by atoms with van der Waals surface area (Å²) in [6.07, 6.45) is 2.47. The highest BCUT2D eigenvalue weighted by Crippen LogP contribution is 2.14. The van der Waals surface area contributed by atoms with Crippen LogP contribution in [0.2, 0.25) is 0 Å². The van der Waals surface area contributed by atoms with Gasteiger partial charge < -0.3 is 9.47 Å². The standard InChI is InChI=1S/C11H18O4/c1-2-3-5-15-11(13)7-9-8-14-6-4-10(9)12/h9H,2-8H2,1H3. The molecule has 0 aromatic carbocycles. The Bertz CT molecular complexity index is 225. The van der Waals surface area contributed by atoms with E-state index in [1.54, 1.807) is 0 Å². The van der Waals surface area contributed by atoms with E-state index in [4.69, 9.17) is 9.47 Å². The van der Waals surface area contributed by atoms with Crippen LogP contribution < -0.4 is 0 Å². The Kier molecular flexibility index (Phi) is 5.32. The summed E-state index contributed by atoms with van der Waals surface area (Å²) in [7, 11) is 0. The predicted octanol–water partition coefficient (Wildman–Crippen LogP) is 1.33. The largest absolute Gasteiger partial charge is 0.466 e. The van der Waals surface area contributed by atoms with Crippen molar-refractivity contribution in [3.63, 3.8) is 0 Å². The summed E-state index contributed by atoms with van der Waals surface area (Å²) in [5.41, 5.74) is 0. The second-order valence-electron chi connectivity index (χ2n) is 3.77. The molecular formula is C11H18O4. The van der Waals surface area contributed by atoms with E-state index >= 15 is 0 Å². The van der Waals surface area contributed by atoms with Gasteiger partial charge in [0.15, 0.2) is 0 Å². The summed E-state index contributed by atoms with van der Waals surface area (Å²) in [5, 5.41) is 0. The molecule has 0 amide bonds. The molecule has 15 heavy (non-hydrogen) atoms. The number of unbranched alkanes of at least 4 members (excludes halogenated alkanes) is 1. The van der Waals surface area contributed by atoms with Crippen LogP contribution in [-0.4, -0.2) is 31.6 Å². The highest BCUT2D eigenvalue weighted by atomic mass is 16.5. The minimum absolute atomic E-state index is 0.119. The van der Waals surface area contributed by atoms with Gasteiger partial charge in [-0.2, -0.15) is 0 Å². The molecule has 0 N–H and O–H groups in total. The van der Waals surface area contributed by atoms with Gasteiger partial charge in [0.1, 0.15) is 5.78 Å².